The molecule has 1 heterocycles. The molecule has 3 nitrogen and oxygen atoms in total. The molecule has 0 aliphatic rings. The van der Waals surface area contributed by atoms with Crippen LogP contribution in [0.15, 0.2) is 28.8 Å². The Morgan fingerprint density at radius 2 is 2.18 bits per heavy atom. The van der Waals surface area contributed by atoms with Gasteiger partial charge in [-0.3, -0.25) is 0 Å². The standard InChI is InChI=1S/C12H12F2N2O/c1-2-15-7-12-16-6-11(17-12)9-5-8(13)3-4-10(9)14/h3-6,15H,2,7H2,1H3. The van der Waals surface area contributed by atoms with Crippen molar-refractivity contribution in [3.8, 4) is 11.3 Å². The maximum Gasteiger partial charge on any atom is 0.208 e. The van der Waals surface area contributed by atoms with Gasteiger partial charge in [0.25, 0.3) is 0 Å². The summed E-state index contributed by atoms with van der Waals surface area (Å²) in [5.41, 5.74) is 0.0836. The van der Waals surface area contributed by atoms with Crippen LogP contribution in [0.1, 0.15) is 12.8 Å². The maximum atomic E-state index is 13.4. The van der Waals surface area contributed by atoms with Gasteiger partial charge in [-0.1, -0.05) is 6.92 Å². The molecule has 0 aliphatic carbocycles. The zero-order chi connectivity index (χ0) is 12.3. The first-order chi connectivity index (χ1) is 8.20. The molecule has 1 aromatic carbocycles. The zero-order valence-corrected chi connectivity index (χ0v) is 9.34. The van der Waals surface area contributed by atoms with E-state index in [1.54, 1.807) is 0 Å². The van der Waals surface area contributed by atoms with Gasteiger partial charge in [-0.15, -0.1) is 0 Å². The van der Waals surface area contributed by atoms with Crippen molar-refractivity contribution in [1.82, 2.24) is 10.3 Å². The van der Waals surface area contributed by atoms with Crippen LogP contribution in [0, 0.1) is 11.6 Å². The number of nitrogens with zero attached hydrogens (tertiary/aromatic N) is 1. The molecule has 1 N–H and O–H groups in total. The molecule has 0 radical (unpaired) electrons. The van der Waals surface area contributed by atoms with Gasteiger partial charge in [0, 0.05) is 0 Å². The fourth-order valence-electron chi connectivity index (χ4n) is 1.43. The summed E-state index contributed by atoms with van der Waals surface area (Å²) in [6, 6.07) is 3.22. The molecule has 0 amide bonds. The van der Waals surface area contributed by atoms with E-state index in [1.807, 2.05) is 6.92 Å². The van der Waals surface area contributed by atoms with Crippen molar-refractivity contribution < 1.29 is 13.2 Å². The number of rotatable bonds is 4. The van der Waals surface area contributed by atoms with Gasteiger partial charge in [-0.2, -0.15) is 0 Å². The van der Waals surface area contributed by atoms with Gasteiger partial charge >= 0.3 is 0 Å². The van der Waals surface area contributed by atoms with Crippen LogP contribution in [0.3, 0.4) is 0 Å². The van der Waals surface area contributed by atoms with Crippen LogP contribution >= 0.6 is 0 Å². The summed E-state index contributed by atoms with van der Waals surface area (Å²) in [5.74, 6) is -0.357. The quantitative estimate of drug-likeness (QED) is 0.890. The van der Waals surface area contributed by atoms with Crippen LogP contribution in [-0.2, 0) is 6.54 Å². The van der Waals surface area contributed by atoms with Crippen LogP contribution in [0.5, 0.6) is 0 Å². The monoisotopic (exact) mass is 238 g/mol. The maximum absolute atomic E-state index is 13.4. The number of hydrogen-bond donors (Lipinski definition) is 1. The van der Waals surface area contributed by atoms with E-state index in [9.17, 15) is 8.78 Å². The second-order valence-corrected chi connectivity index (χ2v) is 3.52. The summed E-state index contributed by atoms with van der Waals surface area (Å²) in [4.78, 5) is 3.98. The molecule has 0 bridgehead atoms. The summed E-state index contributed by atoms with van der Waals surface area (Å²) in [7, 11) is 0. The number of nitrogens with one attached hydrogen (secondary N) is 1. The highest BCUT2D eigenvalue weighted by Gasteiger charge is 2.11. The Kier molecular flexibility index (Phi) is 3.49. The van der Waals surface area contributed by atoms with Gasteiger partial charge in [0.2, 0.25) is 5.89 Å². The van der Waals surface area contributed by atoms with Gasteiger partial charge in [-0.25, -0.2) is 13.8 Å². The normalized spacial score (nSPS) is 10.8. The molecule has 5 heteroatoms. The Hall–Kier alpha value is -1.75. The minimum atomic E-state index is -0.530. The lowest BCUT2D eigenvalue weighted by Crippen LogP contribution is -2.11. The van der Waals surface area contributed by atoms with E-state index in [0.29, 0.717) is 12.4 Å². The zero-order valence-electron chi connectivity index (χ0n) is 9.34. The smallest absolute Gasteiger partial charge is 0.208 e. The third kappa shape index (κ3) is 2.68. The van der Waals surface area contributed by atoms with Gasteiger partial charge in [0.05, 0.1) is 18.3 Å². The van der Waals surface area contributed by atoms with Gasteiger partial charge in [0.1, 0.15) is 11.6 Å². The average Bonchev–Trinajstić information content (AvgIpc) is 2.78. The number of benzene rings is 1. The molecule has 2 rings (SSSR count). The summed E-state index contributed by atoms with van der Waals surface area (Å²) in [6.45, 7) is 3.20. The van der Waals surface area contributed by atoms with Crippen molar-refractivity contribution >= 4 is 0 Å². The minimum Gasteiger partial charge on any atom is -0.439 e. The molecule has 17 heavy (non-hydrogen) atoms. The van der Waals surface area contributed by atoms with Crippen LogP contribution < -0.4 is 5.32 Å². The largest absolute Gasteiger partial charge is 0.439 e. The van der Waals surface area contributed by atoms with Crippen molar-refractivity contribution in [2.24, 2.45) is 0 Å². The Labute approximate surface area is 97.5 Å². The Balaban J connectivity index is 2.27. The van der Waals surface area contributed by atoms with Crippen molar-refractivity contribution in [3.05, 3.63) is 41.9 Å². The fraction of sp³-hybridized carbons (Fsp3) is 0.250. The van der Waals surface area contributed by atoms with Crippen molar-refractivity contribution in [2.75, 3.05) is 6.54 Å². The molecule has 0 aliphatic heterocycles. The summed E-state index contributed by atoms with van der Waals surface area (Å²) in [5, 5.41) is 3.03. The highest BCUT2D eigenvalue weighted by molar-refractivity contribution is 5.57. The lowest BCUT2D eigenvalue weighted by molar-refractivity contribution is 0.479. The molecule has 0 atom stereocenters. The SMILES string of the molecule is CCNCc1ncc(-c2cc(F)ccc2F)o1. The molecule has 0 fully saturated rings. The van der Waals surface area contributed by atoms with Crippen molar-refractivity contribution in [1.29, 1.82) is 0 Å². The molecular weight excluding hydrogens is 226 g/mol. The van der Waals surface area contributed by atoms with E-state index in [4.69, 9.17) is 4.42 Å². The average molecular weight is 238 g/mol. The first-order valence-electron chi connectivity index (χ1n) is 5.31. The summed E-state index contributed by atoms with van der Waals surface area (Å²) >= 11 is 0. The Morgan fingerprint density at radius 3 is 2.94 bits per heavy atom. The van der Waals surface area contributed by atoms with E-state index in [-0.39, 0.29) is 11.3 Å². The highest BCUT2D eigenvalue weighted by Crippen LogP contribution is 2.24. The molecule has 0 spiro atoms. The van der Waals surface area contributed by atoms with E-state index in [2.05, 4.69) is 10.3 Å². The number of hydrogen-bond acceptors (Lipinski definition) is 3. The molecule has 0 unspecified atom stereocenters. The number of halogens is 2. The highest BCUT2D eigenvalue weighted by atomic mass is 19.1. The first-order valence-corrected chi connectivity index (χ1v) is 5.31. The van der Waals surface area contributed by atoms with Gasteiger partial charge in [-0.05, 0) is 24.7 Å². The predicted molar refractivity (Wildman–Crippen MR) is 59.2 cm³/mol. The van der Waals surface area contributed by atoms with Crippen LogP contribution in [0.25, 0.3) is 11.3 Å². The third-order valence-corrected chi connectivity index (χ3v) is 2.27. The second-order valence-electron chi connectivity index (χ2n) is 3.52. The number of aromatic nitrogens is 1. The van der Waals surface area contributed by atoms with Crippen molar-refractivity contribution in [2.45, 2.75) is 13.5 Å². The summed E-state index contributed by atoms with van der Waals surface area (Å²) < 4.78 is 31.8. The third-order valence-electron chi connectivity index (χ3n) is 2.27. The van der Waals surface area contributed by atoms with Crippen LogP contribution in [0.2, 0.25) is 0 Å². The van der Waals surface area contributed by atoms with E-state index >= 15 is 0 Å². The lowest BCUT2D eigenvalue weighted by atomic mass is 10.2. The Bertz CT molecular complexity index is 511. The van der Waals surface area contributed by atoms with Crippen LogP contribution in [-0.4, -0.2) is 11.5 Å². The summed E-state index contributed by atoms with van der Waals surface area (Å²) in [6.07, 6.45) is 1.39. The lowest BCUT2D eigenvalue weighted by Gasteiger charge is -1.99. The second kappa shape index (κ2) is 5.05. The predicted octanol–water partition coefficient (Wildman–Crippen LogP) is 2.73. The molecule has 0 saturated carbocycles. The first kappa shape index (κ1) is 11.7. The molecule has 1 aromatic heterocycles. The number of oxazole rings is 1. The van der Waals surface area contributed by atoms with Gasteiger partial charge in [0.15, 0.2) is 5.76 Å². The Morgan fingerprint density at radius 1 is 1.35 bits per heavy atom. The van der Waals surface area contributed by atoms with Crippen molar-refractivity contribution in [3.63, 3.8) is 0 Å². The minimum absolute atomic E-state index is 0.0836. The molecule has 0 saturated heterocycles. The van der Waals surface area contributed by atoms with E-state index in [1.165, 1.54) is 6.20 Å². The topological polar surface area (TPSA) is 38.1 Å². The van der Waals surface area contributed by atoms with Gasteiger partial charge < -0.3 is 9.73 Å². The van der Waals surface area contributed by atoms with Crippen LogP contribution in [0.4, 0.5) is 8.78 Å². The molecule has 2 aromatic rings. The van der Waals surface area contributed by atoms with E-state index in [0.717, 1.165) is 24.7 Å². The molecular formula is C12H12F2N2O. The molecule has 90 valence electrons. The fourth-order valence-corrected chi connectivity index (χ4v) is 1.43. The van der Waals surface area contributed by atoms with E-state index < -0.39 is 11.6 Å².